The Morgan fingerprint density at radius 1 is 1.48 bits per heavy atom. The van der Waals surface area contributed by atoms with Crippen molar-refractivity contribution < 1.29 is 28.5 Å². The first kappa shape index (κ1) is 19.6. The van der Waals surface area contributed by atoms with E-state index >= 15 is 0 Å². The average Bonchev–Trinajstić information content (AvgIpc) is 2.68. The zero-order valence-electron chi connectivity index (χ0n) is 14.1. The Labute approximate surface area is 143 Å². The van der Waals surface area contributed by atoms with E-state index in [1.807, 2.05) is 19.6 Å². The summed E-state index contributed by atoms with van der Waals surface area (Å²) in [7, 11) is -1.65. The number of rotatable bonds is 5. The lowest BCUT2D eigenvalue weighted by Crippen LogP contribution is -2.41. The van der Waals surface area contributed by atoms with Gasteiger partial charge in [0, 0.05) is 12.2 Å². The highest BCUT2D eigenvalue weighted by Gasteiger charge is 2.59. The number of alkyl halides is 2. The number of carbonyl (C=O) groups excluding carboxylic acids is 1. The molecular formula is C14H21F2N3O5Si. The molecule has 3 atom stereocenters. The number of hydrogen-bond donors (Lipinski definition) is 3. The fourth-order valence-corrected chi connectivity index (χ4v) is 3.50. The van der Waals surface area contributed by atoms with Gasteiger partial charge in [-0.05, 0) is 6.07 Å². The van der Waals surface area contributed by atoms with Crippen LogP contribution in [0.3, 0.4) is 0 Å². The standard InChI is InChI=1S/C14H21F2N3O5Si/c1-25(2,3)7-10(21)17-9-4-5-19(13(23)18-9)12-14(15,16)11(22)8(6-20)24-12/h4-5,8,11-12,20,22H,6-7H2,1-3H3,(H,17,18,21,23)/t8-,11-,12-/m1/s1. The molecule has 25 heavy (non-hydrogen) atoms. The zero-order chi connectivity index (χ0) is 19.0. The van der Waals surface area contributed by atoms with Crippen molar-refractivity contribution in [3.8, 4) is 0 Å². The van der Waals surface area contributed by atoms with Crippen LogP contribution in [0, 0.1) is 0 Å². The van der Waals surface area contributed by atoms with Gasteiger partial charge in [-0.3, -0.25) is 9.36 Å². The molecule has 0 spiro atoms. The Morgan fingerprint density at radius 2 is 2.12 bits per heavy atom. The number of hydrogen-bond acceptors (Lipinski definition) is 6. The van der Waals surface area contributed by atoms with Crippen LogP contribution in [0.25, 0.3) is 0 Å². The first-order chi connectivity index (χ1) is 11.5. The third-order valence-electron chi connectivity index (χ3n) is 3.60. The van der Waals surface area contributed by atoms with Crippen LogP contribution in [0.1, 0.15) is 6.23 Å². The molecule has 1 aliphatic rings. The number of aliphatic hydroxyl groups is 2. The van der Waals surface area contributed by atoms with Crippen molar-refractivity contribution in [1.82, 2.24) is 9.55 Å². The molecule has 0 aromatic carbocycles. The topological polar surface area (TPSA) is 114 Å². The fourth-order valence-electron chi connectivity index (χ4n) is 2.45. The number of halogens is 2. The van der Waals surface area contributed by atoms with Crippen LogP contribution < -0.4 is 11.0 Å². The minimum atomic E-state index is -3.78. The molecule has 1 aromatic heterocycles. The molecule has 0 bridgehead atoms. The van der Waals surface area contributed by atoms with E-state index in [-0.39, 0.29) is 11.7 Å². The third-order valence-corrected chi connectivity index (χ3v) is 4.98. The Balaban J connectivity index is 2.20. The Kier molecular flexibility index (Phi) is 5.42. The number of carbonyl (C=O) groups is 1. The van der Waals surface area contributed by atoms with Crippen molar-refractivity contribution >= 4 is 19.8 Å². The van der Waals surface area contributed by atoms with Crippen LogP contribution in [-0.2, 0) is 9.53 Å². The second-order valence-corrected chi connectivity index (χ2v) is 12.6. The molecule has 2 rings (SSSR count). The maximum Gasteiger partial charge on any atom is 0.351 e. The number of anilines is 1. The van der Waals surface area contributed by atoms with E-state index in [0.29, 0.717) is 10.6 Å². The largest absolute Gasteiger partial charge is 0.394 e. The molecule has 0 aliphatic carbocycles. The van der Waals surface area contributed by atoms with Crippen LogP contribution in [0.15, 0.2) is 17.1 Å². The molecule has 0 saturated carbocycles. The van der Waals surface area contributed by atoms with Gasteiger partial charge in [0.2, 0.25) is 12.1 Å². The van der Waals surface area contributed by atoms with Crippen molar-refractivity contribution in [2.24, 2.45) is 0 Å². The molecule has 1 aromatic rings. The molecule has 11 heteroatoms. The average molecular weight is 377 g/mol. The van der Waals surface area contributed by atoms with E-state index in [4.69, 9.17) is 9.84 Å². The Hall–Kier alpha value is -1.69. The quantitative estimate of drug-likeness (QED) is 0.641. The third kappa shape index (κ3) is 4.29. The second kappa shape index (κ2) is 6.90. The molecular weight excluding hydrogens is 356 g/mol. The molecule has 0 radical (unpaired) electrons. The summed E-state index contributed by atoms with van der Waals surface area (Å²) < 4.78 is 33.5. The molecule has 1 aliphatic heterocycles. The SMILES string of the molecule is C[Si](C)(C)CC(=O)Nc1ccn([C@@H]2O[C@H](CO)[C@@H](O)C2(F)F)c(=O)n1. The van der Waals surface area contributed by atoms with Gasteiger partial charge in [-0.15, -0.1) is 0 Å². The molecule has 1 fully saturated rings. The fraction of sp³-hybridized carbons (Fsp3) is 0.643. The van der Waals surface area contributed by atoms with Crippen molar-refractivity contribution in [1.29, 1.82) is 0 Å². The lowest BCUT2D eigenvalue weighted by molar-refractivity contribution is -0.141. The molecule has 2 heterocycles. The van der Waals surface area contributed by atoms with Crippen molar-refractivity contribution in [2.75, 3.05) is 11.9 Å². The van der Waals surface area contributed by atoms with Crippen LogP contribution in [0.2, 0.25) is 25.7 Å². The summed E-state index contributed by atoms with van der Waals surface area (Å²) in [6, 6.07) is 1.52. The van der Waals surface area contributed by atoms with Crippen LogP contribution >= 0.6 is 0 Å². The first-order valence-electron chi connectivity index (χ1n) is 7.67. The summed E-state index contributed by atoms with van der Waals surface area (Å²) in [5.74, 6) is -4.13. The van der Waals surface area contributed by atoms with Crippen molar-refractivity contribution in [2.45, 2.75) is 50.0 Å². The molecule has 1 saturated heterocycles. The summed E-state index contributed by atoms with van der Waals surface area (Å²) in [5, 5.41) is 20.9. The summed E-state index contributed by atoms with van der Waals surface area (Å²) in [5.41, 5.74) is -1.07. The van der Waals surface area contributed by atoms with E-state index in [9.17, 15) is 23.5 Å². The van der Waals surface area contributed by atoms with E-state index in [2.05, 4.69) is 10.3 Å². The predicted octanol–water partition coefficient (Wildman–Crippen LogP) is 0.406. The van der Waals surface area contributed by atoms with Gasteiger partial charge in [0.05, 0.1) is 14.7 Å². The smallest absolute Gasteiger partial charge is 0.351 e. The van der Waals surface area contributed by atoms with Gasteiger partial charge >= 0.3 is 11.6 Å². The summed E-state index contributed by atoms with van der Waals surface area (Å²) in [4.78, 5) is 27.5. The van der Waals surface area contributed by atoms with Crippen molar-refractivity contribution in [3.05, 3.63) is 22.7 Å². The highest BCUT2D eigenvalue weighted by atomic mass is 28.3. The molecule has 3 N–H and O–H groups in total. The molecule has 1 amide bonds. The highest BCUT2D eigenvalue weighted by Crippen LogP contribution is 2.41. The monoisotopic (exact) mass is 377 g/mol. The van der Waals surface area contributed by atoms with Gasteiger partial charge in [0.1, 0.15) is 11.9 Å². The summed E-state index contributed by atoms with van der Waals surface area (Å²) >= 11 is 0. The zero-order valence-corrected chi connectivity index (χ0v) is 15.1. The lowest BCUT2D eigenvalue weighted by atomic mass is 10.1. The van der Waals surface area contributed by atoms with Crippen LogP contribution in [-0.4, -0.2) is 58.5 Å². The molecule has 140 valence electrons. The number of amides is 1. The predicted molar refractivity (Wildman–Crippen MR) is 87.2 cm³/mol. The maximum absolute atomic E-state index is 14.1. The number of aromatic nitrogens is 2. The highest BCUT2D eigenvalue weighted by molar-refractivity contribution is 6.79. The lowest BCUT2D eigenvalue weighted by Gasteiger charge is -2.21. The van der Waals surface area contributed by atoms with Gasteiger partial charge in [-0.2, -0.15) is 13.8 Å². The first-order valence-corrected chi connectivity index (χ1v) is 11.4. The van der Waals surface area contributed by atoms with Crippen LogP contribution in [0.5, 0.6) is 0 Å². The number of nitrogens with one attached hydrogen (secondary N) is 1. The van der Waals surface area contributed by atoms with E-state index in [1.54, 1.807) is 0 Å². The summed E-state index contributed by atoms with van der Waals surface area (Å²) in [6.07, 6.45) is -4.84. The van der Waals surface area contributed by atoms with Gasteiger partial charge in [-0.1, -0.05) is 19.6 Å². The Morgan fingerprint density at radius 3 is 2.60 bits per heavy atom. The number of nitrogens with zero attached hydrogens (tertiary/aromatic N) is 2. The van der Waals surface area contributed by atoms with E-state index in [0.717, 1.165) is 6.20 Å². The molecule has 0 unspecified atom stereocenters. The Bertz CT molecular complexity index is 706. The van der Waals surface area contributed by atoms with Crippen LogP contribution in [0.4, 0.5) is 14.6 Å². The van der Waals surface area contributed by atoms with Gasteiger partial charge < -0.3 is 20.3 Å². The van der Waals surface area contributed by atoms with E-state index in [1.165, 1.54) is 6.07 Å². The van der Waals surface area contributed by atoms with Crippen molar-refractivity contribution in [3.63, 3.8) is 0 Å². The summed E-state index contributed by atoms with van der Waals surface area (Å²) in [6.45, 7) is 5.18. The normalized spacial score (nSPS) is 25.8. The van der Waals surface area contributed by atoms with Gasteiger partial charge in [0.25, 0.3) is 0 Å². The minimum Gasteiger partial charge on any atom is -0.394 e. The van der Waals surface area contributed by atoms with E-state index < -0.39 is 44.7 Å². The second-order valence-electron chi connectivity index (χ2n) is 7.12. The van der Waals surface area contributed by atoms with Gasteiger partial charge in [-0.25, -0.2) is 4.79 Å². The number of aliphatic hydroxyl groups excluding tert-OH is 2. The maximum atomic E-state index is 14.1. The minimum absolute atomic E-state index is 0.0509. The number of ether oxygens (including phenoxy) is 1. The molecule has 8 nitrogen and oxygen atoms in total. The van der Waals surface area contributed by atoms with Gasteiger partial charge in [0.15, 0.2) is 6.10 Å².